The Morgan fingerprint density at radius 1 is 1.53 bits per heavy atom. The molecule has 0 aromatic carbocycles. The minimum atomic E-state index is -3.52. The molecule has 2 heterocycles. The second kappa shape index (κ2) is 4.37. The van der Waals surface area contributed by atoms with Gasteiger partial charge in [0, 0.05) is 24.5 Å². The van der Waals surface area contributed by atoms with Crippen molar-refractivity contribution >= 4 is 27.3 Å². The van der Waals surface area contributed by atoms with Gasteiger partial charge >= 0.3 is 0 Å². The molecule has 0 bridgehead atoms. The van der Waals surface area contributed by atoms with E-state index in [0.29, 0.717) is 19.5 Å². The summed E-state index contributed by atoms with van der Waals surface area (Å²) in [4.78, 5) is 10.9. The average Bonchev–Trinajstić information content (AvgIpc) is 2.85. The van der Waals surface area contributed by atoms with E-state index in [1.54, 1.807) is 0 Å². The quantitative estimate of drug-likeness (QED) is 0.780. The van der Waals surface area contributed by atoms with Crippen LogP contribution in [0.4, 0.5) is 0 Å². The van der Waals surface area contributed by atoms with Gasteiger partial charge in [0.25, 0.3) is 10.0 Å². The predicted octanol–water partition coefficient (Wildman–Crippen LogP) is -0.431. The lowest BCUT2D eigenvalue weighted by atomic mass is 10.3. The van der Waals surface area contributed by atoms with Gasteiger partial charge in [-0.3, -0.25) is 4.79 Å². The van der Waals surface area contributed by atoms with Gasteiger partial charge in [0.15, 0.2) is 0 Å². The maximum absolute atomic E-state index is 12.1. The Kier molecular flexibility index (Phi) is 3.21. The maximum Gasteiger partial charge on any atom is 0.252 e. The number of carbonyl (C=O) groups excluding carboxylic acids is 1. The molecule has 1 atom stereocenters. The number of carbonyl (C=O) groups is 1. The Labute approximate surface area is 103 Å². The van der Waals surface area contributed by atoms with E-state index in [0.717, 1.165) is 11.3 Å². The van der Waals surface area contributed by atoms with Crippen LogP contribution >= 0.6 is 11.3 Å². The molecule has 4 N–H and O–H groups in total. The smallest absolute Gasteiger partial charge is 0.252 e. The average molecular weight is 275 g/mol. The zero-order valence-corrected chi connectivity index (χ0v) is 10.6. The Balaban J connectivity index is 2.28. The fourth-order valence-corrected chi connectivity index (χ4v) is 4.51. The highest BCUT2D eigenvalue weighted by Crippen LogP contribution is 2.26. The molecule has 1 aromatic rings. The predicted molar refractivity (Wildman–Crippen MR) is 64.2 cm³/mol. The van der Waals surface area contributed by atoms with E-state index in [9.17, 15) is 13.2 Å². The molecule has 1 aromatic heterocycles. The molecule has 0 unspecified atom stereocenters. The van der Waals surface area contributed by atoms with E-state index < -0.39 is 15.9 Å². The molecule has 0 radical (unpaired) electrons. The molecule has 94 valence electrons. The first-order valence-corrected chi connectivity index (χ1v) is 7.37. The molecule has 2 rings (SSSR count). The van der Waals surface area contributed by atoms with Crippen LogP contribution in [0.5, 0.6) is 0 Å². The van der Waals surface area contributed by atoms with Gasteiger partial charge in [0.05, 0.1) is 5.56 Å². The van der Waals surface area contributed by atoms with Gasteiger partial charge < -0.3 is 11.5 Å². The summed E-state index contributed by atoms with van der Waals surface area (Å²) < 4.78 is 25.8. The molecule has 1 aliphatic rings. The largest absolute Gasteiger partial charge is 0.366 e. The lowest BCUT2D eigenvalue weighted by Gasteiger charge is -2.13. The van der Waals surface area contributed by atoms with Gasteiger partial charge in [-0.15, -0.1) is 11.3 Å². The topological polar surface area (TPSA) is 106 Å². The Bertz CT molecular complexity index is 537. The zero-order valence-electron chi connectivity index (χ0n) is 9.00. The highest BCUT2D eigenvalue weighted by atomic mass is 32.2. The van der Waals surface area contributed by atoms with Crippen molar-refractivity contribution < 1.29 is 13.2 Å². The summed E-state index contributed by atoms with van der Waals surface area (Å²) in [6.45, 7) is 0.749. The van der Waals surface area contributed by atoms with Crippen molar-refractivity contribution in [2.45, 2.75) is 16.7 Å². The fourth-order valence-electron chi connectivity index (χ4n) is 1.68. The van der Waals surface area contributed by atoms with E-state index in [4.69, 9.17) is 11.5 Å². The van der Waals surface area contributed by atoms with Crippen LogP contribution in [0.1, 0.15) is 16.8 Å². The number of nitrogens with zero attached hydrogens (tertiary/aromatic N) is 1. The van der Waals surface area contributed by atoms with Crippen LogP contribution in [-0.2, 0) is 10.0 Å². The van der Waals surface area contributed by atoms with Crippen molar-refractivity contribution in [1.29, 1.82) is 0 Å². The third-order valence-electron chi connectivity index (χ3n) is 2.64. The van der Waals surface area contributed by atoms with E-state index in [2.05, 4.69) is 0 Å². The van der Waals surface area contributed by atoms with Crippen molar-refractivity contribution in [1.82, 2.24) is 4.31 Å². The molecular weight excluding hydrogens is 262 g/mol. The minimum absolute atomic E-state index is 0.111. The van der Waals surface area contributed by atoms with Crippen LogP contribution in [0.3, 0.4) is 0 Å². The van der Waals surface area contributed by atoms with E-state index in [-0.39, 0.29) is 15.8 Å². The van der Waals surface area contributed by atoms with Gasteiger partial charge in [-0.1, -0.05) is 0 Å². The highest BCUT2D eigenvalue weighted by Gasteiger charge is 2.32. The molecule has 0 saturated carbocycles. The van der Waals surface area contributed by atoms with Gasteiger partial charge in [-0.2, -0.15) is 4.31 Å². The summed E-state index contributed by atoms with van der Waals surface area (Å²) in [5, 5.41) is 1.45. The highest BCUT2D eigenvalue weighted by molar-refractivity contribution is 7.91. The van der Waals surface area contributed by atoms with E-state index in [1.807, 2.05) is 0 Å². The fraction of sp³-hybridized carbons (Fsp3) is 0.444. The Hall–Kier alpha value is -0.960. The van der Waals surface area contributed by atoms with Gasteiger partial charge in [0.2, 0.25) is 5.91 Å². The molecule has 1 amide bonds. The third kappa shape index (κ3) is 2.34. The number of nitrogens with two attached hydrogens (primary N) is 2. The van der Waals surface area contributed by atoms with Crippen molar-refractivity contribution in [2.75, 3.05) is 13.1 Å². The molecule has 1 fully saturated rings. The van der Waals surface area contributed by atoms with Crippen LogP contribution in [0, 0.1) is 0 Å². The van der Waals surface area contributed by atoms with Crippen molar-refractivity contribution in [3.8, 4) is 0 Å². The van der Waals surface area contributed by atoms with Crippen molar-refractivity contribution in [2.24, 2.45) is 11.5 Å². The summed E-state index contributed by atoms with van der Waals surface area (Å²) in [5.41, 5.74) is 11.0. The number of hydrogen-bond acceptors (Lipinski definition) is 5. The second-order valence-corrected chi connectivity index (χ2v) is 7.01. The molecule has 0 spiro atoms. The molecule has 8 heteroatoms. The number of amides is 1. The first-order valence-electron chi connectivity index (χ1n) is 5.05. The monoisotopic (exact) mass is 275 g/mol. The summed E-state index contributed by atoms with van der Waals surface area (Å²) in [5.74, 6) is -0.624. The van der Waals surface area contributed by atoms with Crippen molar-refractivity contribution in [3.05, 3.63) is 17.0 Å². The first kappa shape index (κ1) is 12.5. The molecule has 17 heavy (non-hydrogen) atoms. The van der Waals surface area contributed by atoms with E-state index >= 15 is 0 Å². The number of hydrogen-bond donors (Lipinski definition) is 2. The number of thiophene rings is 1. The second-order valence-electron chi connectivity index (χ2n) is 3.93. The summed E-state index contributed by atoms with van der Waals surface area (Å²) in [6.07, 6.45) is 0.660. The summed E-state index contributed by atoms with van der Waals surface area (Å²) in [6, 6.07) is 1.20. The number of rotatable bonds is 3. The maximum atomic E-state index is 12.1. The van der Waals surface area contributed by atoms with Crippen LogP contribution < -0.4 is 11.5 Å². The first-order chi connectivity index (χ1) is 7.91. The Morgan fingerprint density at radius 2 is 2.24 bits per heavy atom. The third-order valence-corrected chi connectivity index (χ3v) is 5.92. The SMILES string of the molecule is NC(=O)c1csc(S(=O)(=O)N2CC[C@H](N)C2)c1. The molecule has 0 aliphatic carbocycles. The molecule has 6 nitrogen and oxygen atoms in total. The van der Waals surface area contributed by atoms with Gasteiger partial charge in [0.1, 0.15) is 4.21 Å². The number of primary amides is 1. The molecule has 1 aliphatic heterocycles. The minimum Gasteiger partial charge on any atom is -0.366 e. The molecular formula is C9H13N3O3S2. The zero-order chi connectivity index (χ0) is 12.6. The van der Waals surface area contributed by atoms with Crippen LogP contribution in [0.25, 0.3) is 0 Å². The summed E-state index contributed by atoms with van der Waals surface area (Å²) >= 11 is 1.00. The summed E-state index contributed by atoms with van der Waals surface area (Å²) in [7, 11) is -3.52. The standard InChI is InChI=1S/C9H13N3O3S2/c10-7-1-2-12(4-7)17(14,15)8-3-6(5-16-8)9(11)13/h3,5,7H,1-2,4,10H2,(H2,11,13)/t7-/m0/s1. The molecule has 1 saturated heterocycles. The van der Waals surface area contributed by atoms with Crippen LogP contribution in [0.15, 0.2) is 15.7 Å². The Morgan fingerprint density at radius 3 is 2.71 bits per heavy atom. The van der Waals surface area contributed by atoms with Crippen LogP contribution in [0.2, 0.25) is 0 Å². The lowest BCUT2D eigenvalue weighted by molar-refractivity contribution is 0.100. The van der Waals surface area contributed by atoms with Crippen molar-refractivity contribution in [3.63, 3.8) is 0 Å². The van der Waals surface area contributed by atoms with Gasteiger partial charge in [-0.05, 0) is 12.5 Å². The van der Waals surface area contributed by atoms with Gasteiger partial charge in [-0.25, -0.2) is 8.42 Å². The lowest BCUT2D eigenvalue weighted by Crippen LogP contribution is -2.31. The van der Waals surface area contributed by atoms with E-state index in [1.165, 1.54) is 15.8 Å². The number of sulfonamides is 1. The normalized spacial score (nSPS) is 21.8. The van der Waals surface area contributed by atoms with Crippen LogP contribution in [-0.4, -0.2) is 37.8 Å².